The molecule has 0 aromatic carbocycles. The molecule has 1 amide bonds. The number of H-pyrrole nitrogens is 1. The number of aromatic amines is 1. The van der Waals surface area contributed by atoms with E-state index in [-0.39, 0.29) is 24.2 Å². The van der Waals surface area contributed by atoms with E-state index < -0.39 is 5.54 Å². The van der Waals surface area contributed by atoms with Crippen LogP contribution < -0.4 is 11.1 Å². The molecule has 1 heterocycles. The minimum Gasteiger partial charge on any atom is -0.344 e. The largest absolute Gasteiger partial charge is 0.344 e. The summed E-state index contributed by atoms with van der Waals surface area (Å²) in [4.78, 5) is 12.0. The van der Waals surface area contributed by atoms with Gasteiger partial charge >= 0.3 is 0 Å². The third kappa shape index (κ3) is 3.96. The summed E-state index contributed by atoms with van der Waals surface area (Å²) in [5.41, 5.74) is 6.42. The Morgan fingerprint density at radius 2 is 2.11 bits per heavy atom. The number of halogens is 2. The SMILES string of the molecule is CC(C)c1[nH]nc(C(=O)NC(C)(C)CN)c1Br.Cl. The second-order valence-corrected chi connectivity index (χ2v) is 5.79. The van der Waals surface area contributed by atoms with Gasteiger partial charge < -0.3 is 11.1 Å². The zero-order valence-electron chi connectivity index (χ0n) is 11.0. The summed E-state index contributed by atoms with van der Waals surface area (Å²) in [6.07, 6.45) is 0. The fraction of sp³-hybridized carbons (Fsp3) is 0.636. The maximum Gasteiger partial charge on any atom is 0.273 e. The summed E-state index contributed by atoms with van der Waals surface area (Å²) >= 11 is 3.40. The summed E-state index contributed by atoms with van der Waals surface area (Å²) in [5.74, 6) is 0.0522. The lowest BCUT2D eigenvalue weighted by Crippen LogP contribution is -2.49. The van der Waals surface area contributed by atoms with Crippen molar-refractivity contribution in [2.45, 2.75) is 39.2 Å². The van der Waals surface area contributed by atoms with Gasteiger partial charge in [-0.2, -0.15) is 5.10 Å². The second-order valence-electron chi connectivity index (χ2n) is 5.00. The molecule has 1 rings (SSSR count). The van der Waals surface area contributed by atoms with Gasteiger partial charge in [-0.1, -0.05) is 13.8 Å². The van der Waals surface area contributed by atoms with E-state index in [1.165, 1.54) is 0 Å². The van der Waals surface area contributed by atoms with E-state index in [1.807, 2.05) is 27.7 Å². The second kappa shape index (κ2) is 6.54. The molecule has 1 aromatic heterocycles. The van der Waals surface area contributed by atoms with Gasteiger partial charge in [-0.25, -0.2) is 0 Å². The zero-order chi connectivity index (χ0) is 13.2. The van der Waals surface area contributed by atoms with Crippen LogP contribution in [0.3, 0.4) is 0 Å². The van der Waals surface area contributed by atoms with Crippen LogP contribution in [0.15, 0.2) is 4.47 Å². The molecule has 0 aliphatic heterocycles. The number of nitrogens with one attached hydrogen (secondary N) is 2. The number of amides is 1. The normalized spacial score (nSPS) is 11.3. The van der Waals surface area contributed by atoms with Crippen LogP contribution in [0.4, 0.5) is 0 Å². The number of hydrogen-bond donors (Lipinski definition) is 3. The van der Waals surface area contributed by atoms with Crippen molar-refractivity contribution in [2.75, 3.05) is 6.54 Å². The molecular formula is C11H20BrClN4O. The molecule has 0 atom stereocenters. The molecular weight excluding hydrogens is 320 g/mol. The summed E-state index contributed by atoms with van der Waals surface area (Å²) in [6.45, 7) is 8.18. The van der Waals surface area contributed by atoms with Gasteiger partial charge in [0.2, 0.25) is 0 Å². The standard InChI is InChI=1S/C11H19BrN4O.ClH/c1-6(2)8-7(12)9(16-15-8)10(17)14-11(3,4)5-13;/h6H,5,13H2,1-4H3,(H,14,17)(H,15,16);1H. The highest BCUT2D eigenvalue weighted by Gasteiger charge is 2.24. The summed E-state index contributed by atoms with van der Waals surface area (Å²) in [5, 5.41) is 9.74. The van der Waals surface area contributed by atoms with Crippen molar-refractivity contribution in [3.8, 4) is 0 Å². The maximum atomic E-state index is 12.0. The number of nitrogens with zero attached hydrogens (tertiary/aromatic N) is 1. The Kier molecular flexibility index (Phi) is 6.33. The molecule has 1 aromatic rings. The number of aromatic nitrogens is 2. The Labute approximate surface area is 122 Å². The van der Waals surface area contributed by atoms with E-state index in [9.17, 15) is 4.79 Å². The Morgan fingerprint density at radius 3 is 2.50 bits per heavy atom. The molecule has 7 heteroatoms. The van der Waals surface area contributed by atoms with Crippen LogP contribution in [0.25, 0.3) is 0 Å². The molecule has 5 nitrogen and oxygen atoms in total. The van der Waals surface area contributed by atoms with E-state index in [4.69, 9.17) is 5.73 Å². The van der Waals surface area contributed by atoms with Crippen molar-refractivity contribution >= 4 is 34.2 Å². The molecule has 104 valence electrons. The maximum absolute atomic E-state index is 12.0. The highest BCUT2D eigenvalue weighted by Crippen LogP contribution is 2.25. The highest BCUT2D eigenvalue weighted by atomic mass is 79.9. The van der Waals surface area contributed by atoms with Crippen molar-refractivity contribution in [3.63, 3.8) is 0 Å². The van der Waals surface area contributed by atoms with Gasteiger partial charge in [-0.05, 0) is 35.7 Å². The van der Waals surface area contributed by atoms with Crippen molar-refractivity contribution in [3.05, 3.63) is 15.9 Å². The van der Waals surface area contributed by atoms with E-state index in [0.717, 1.165) is 10.2 Å². The van der Waals surface area contributed by atoms with Gasteiger partial charge in [0.25, 0.3) is 5.91 Å². The topological polar surface area (TPSA) is 83.8 Å². The Balaban J connectivity index is 0.00000289. The molecule has 0 saturated heterocycles. The Morgan fingerprint density at radius 1 is 1.56 bits per heavy atom. The fourth-order valence-electron chi connectivity index (χ4n) is 1.29. The molecule has 4 N–H and O–H groups in total. The minimum absolute atomic E-state index is 0. The first-order valence-corrected chi connectivity index (χ1v) is 6.34. The Bertz CT molecular complexity index is 417. The van der Waals surface area contributed by atoms with Crippen molar-refractivity contribution < 1.29 is 4.79 Å². The highest BCUT2D eigenvalue weighted by molar-refractivity contribution is 9.10. The minimum atomic E-state index is -0.437. The van der Waals surface area contributed by atoms with Crippen LogP contribution in [0.1, 0.15) is 49.8 Å². The average molecular weight is 340 g/mol. The van der Waals surface area contributed by atoms with E-state index in [0.29, 0.717) is 12.2 Å². The predicted octanol–water partition coefficient (Wildman–Crippen LogP) is 2.18. The van der Waals surface area contributed by atoms with Crippen molar-refractivity contribution in [2.24, 2.45) is 5.73 Å². The molecule has 0 saturated carbocycles. The van der Waals surface area contributed by atoms with Gasteiger partial charge in [0, 0.05) is 12.1 Å². The van der Waals surface area contributed by atoms with Crippen molar-refractivity contribution in [1.29, 1.82) is 0 Å². The number of rotatable bonds is 4. The van der Waals surface area contributed by atoms with E-state index in [2.05, 4.69) is 31.4 Å². The fourth-order valence-corrected chi connectivity index (χ4v) is 2.11. The Hall–Kier alpha value is -0.590. The van der Waals surface area contributed by atoms with E-state index in [1.54, 1.807) is 0 Å². The molecule has 0 bridgehead atoms. The van der Waals surface area contributed by atoms with Crippen LogP contribution in [0.5, 0.6) is 0 Å². The third-order valence-electron chi connectivity index (χ3n) is 2.49. The first-order chi connectivity index (χ1) is 7.78. The van der Waals surface area contributed by atoms with Gasteiger partial charge in [-0.3, -0.25) is 9.89 Å². The predicted molar refractivity (Wildman–Crippen MR) is 78.2 cm³/mol. The number of nitrogens with two attached hydrogens (primary N) is 1. The lowest BCUT2D eigenvalue weighted by atomic mass is 10.1. The van der Waals surface area contributed by atoms with Crippen molar-refractivity contribution in [1.82, 2.24) is 15.5 Å². The molecule has 0 aliphatic rings. The summed E-state index contributed by atoms with van der Waals surface area (Å²) in [7, 11) is 0. The quantitative estimate of drug-likeness (QED) is 0.786. The van der Waals surface area contributed by atoms with Gasteiger partial charge in [0.1, 0.15) is 0 Å². The summed E-state index contributed by atoms with van der Waals surface area (Å²) in [6, 6.07) is 0. The zero-order valence-corrected chi connectivity index (χ0v) is 13.4. The van der Waals surface area contributed by atoms with E-state index >= 15 is 0 Å². The van der Waals surface area contributed by atoms with Crippen LogP contribution in [0, 0.1) is 0 Å². The molecule has 0 radical (unpaired) electrons. The van der Waals surface area contributed by atoms with Gasteiger partial charge in [-0.15, -0.1) is 12.4 Å². The molecule has 0 spiro atoms. The average Bonchev–Trinajstić information content (AvgIpc) is 2.59. The molecule has 0 aliphatic carbocycles. The van der Waals surface area contributed by atoms with Crippen LogP contribution >= 0.6 is 28.3 Å². The molecule has 0 unspecified atom stereocenters. The monoisotopic (exact) mass is 338 g/mol. The van der Waals surface area contributed by atoms with Gasteiger partial charge in [0.15, 0.2) is 5.69 Å². The van der Waals surface area contributed by atoms with Gasteiger partial charge in [0.05, 0.1) is 10.2 Å². The summed E-state index contributed by atoms with van der Waals surface area (Å²) < 4.78 is 0.720. The van der Waals surface area contributed by atoms with Crippen LogP contribution in [0.2, 0.25) is 0 Å². The first-order valence-electron chi connectivity index (χ1n) is 5.55. The number of carbonyl (C=O) groups excluding carboxylic acids is 1. The number of hydrogen-bond acceptors (Lipinski definition) is 3. The lowest BCUT2D eigenvalue weighted by Gasteiger charge is -2.23. The first kappa shape index (κ1) is 17.4. The molecule has 0 fully saturated rings. The lowest BCUT2D eigenvalue weighted by molar-refractivity contribution is 0.0910. The smallest absolute Gasteiger partial charge is 0.273 e. The van der Waals surface area contributed by atoms with Crippen LogP contribution in [-0.2, 0) is 0 Å². The number of carbonyl (C=O) groups is 1. The molecule has 18 heavy (non-hydrogen) atoms. The van der Waals surface area contributed by atoms with Crippen LogP contribution in [-0.4, -0.2) is 28.2 Å². The third-order valence-corrected chi connectivity index (χ3v) is 3.29.